The topological polar surface area (TPSA) is 25.8 Å². The van der Waals surface area contributed by atoms with E-state index in [1.54, 1.807) is 0 Å². The minimum Gasteiger partial charge on any atom is -0.216 e. The molecule has 0 fully saturated rings. The van der Waals surface area contributed by atoms with Gasteiger partial charge in [-0.05, 0) is 18.2 Å². The maximum absolute atomic E-state index is 12.8. The van der Waals surface area contributed by atoms with E-state index in [9.17, 15) is 4.39 Å². The second-order valence-electron chi connectivity index (χ2n) is 2.96. The lowest BCUT2D eigenvalue weighted by molar-refractivity contribution is 0.628. The van der Waals surface area contributed by atoms with Gasteiger partial charge in [0.1, 0.15) is 16.1 Å². The summed E-state index contributed by atoms with van der Waals surface area (Å²) in [7, 11) is 0. The highest BCUT2D eigenvalue weighted by atomic mass is 35.5. The van der Waals surface area contributed by atoms with Gasteiger partial charge in [0.15, 0.2) is 5.82 Å². The van der Waals surface area contributed by atoms with Crippen molar-refractivity contribution in [1.29, 1.82) is 0 Å². The Morgan fingerprint density at radius 3 is 2.12 bits per heavy atom. The van der Waals surface area contributed by atoms with Crippen molar-refractivity contribution in [1.82, 2.24) is 9.97 Å². The van der Waals surface area contributed by atoms with Crippen molar-refractivity contribution in [3.05, 3.63) is 45.4 Å². The van der Waals surface area contributed by atoms with Crippen LogP contribution in [-0.4, -0.2) is 9.97 Å². The van der Waals surface area contributed by atoms with Crippen molar-refractivity contribution in [3.63, 3.8) is 0 Å². The number of rotatable bonds is 1. The predicted molar refractivity (Wildman–Crippen MR) is 62.5 cm³/mol. The molecular formula is C10H4Cl3FN2. The largest absolute Gasteiger partial charge is 0.216 e. The van der Waals surface area contributed by atoms with Crippen LogP contribution < -0.4 is 0 Å². The number of aromatic nitrogens is 2. The molecule has 0 aliphatic heterocycles. The first kappa shape index (κ1) is 11.6. The molecule has 0 aliphatic carbocycles. The smallest absolute Gasteiger partial charge is 0.164 e. The Kier molecular flexibility index (Phi) is 3.28. The molecule has 0 unspecified atom stereocenters. The standard InChI is InChI=1S/C10H4Cl3FN2/c11-7-3-5(14)1-2-6(7)10-15-8(12)4-9(13)16-10/h1-4H. The minimum absolute atomic E-state index is 0.204. The normalized spacial score (nSPS) is 10.5. The summed E-state index contributed by atoms with van der Waals surface area (Å²) in [6.45, 7) is 0. The van der Waals surface area contributed by atoms with Crippen LogP contribution in [-0.2, 0) is 0 Å². The molecule has 82 valence electrons. The van der Waals surface area contributed by atoms with E-state index < -0.39 is 5.82 Å². The lowest BCUT2D eigenvalue weighted by atomic mass is 10.2. The zero-order valence-electron chi connectivity index (χ0n) is 7.72. The summed E-state index contributed by atoms with van der Waals surface area (Å²) < 4.78 is 12.8. The van der Waals surface area contributed by atoms with E-state index in [0.29, 0.717) is 5.56 Å². The van der Waals surface area contributed by atoms with Crippen molar-refractivity contribution in [2.45, 2.75) is 0 Å². The lowest BCUT2D eigenvalue weighted by Gasteiger charge is -2.03. The summed E-state index contributed by atoms with van der Waals surface area (Å²) in [6, 6.07) is 5.32. The Hall–Kier alpha value is -0.900. The van der Waals surface area contributed by atoms with E-state index in [0.717, 1.165) is 0 Å². The van der Waals surface area contributed by atoms with Crippen LogP contribution in [0.5, 0.6) is 0 Å². The van der Waals surface area contributed by atoms with Gasteiger partial charge in [-0.3, -0.25) is 0 Å². The van der Waals surface area contributed by atoms with E-state index >= 15 is 0 Å². The van der Waals surface area contributed by atoms with Gasteiger partial charge in [0, 0.05) is 11.6 Å². The average Bonchev–Trinajstić information content (AvgIpc) is 2.15. The van der Waals surface area contributed by atoms with Gasteiger partial charge in [0.25, 0.3) is 0 Å². The third-order valence-electron chi connectivity index (χ3n) is 1.84. The zero-order chi connectivity index (χ0) is 11.7. The van der Waals surface area contributed by atoms with E-state index in [4.69, 9.17) is 34.8 Å². The summed E-state index contributed by atoms with van der Waals surface area (Å²) in [5.41, 5.74) is 0.479. The van der Waals surface area contributed by atoms with E-state index in [1.165, 1.54) is 24.3 Å². The van der Waals surface area contributed by atoms with Gasteiger partial charge in [-0.1, -0.05) is 34.8 Å². The SMILES string of the molecule is Fc1ccc(-c2nc(Cl)cc(Cl)n2)c(Cl)c1. The van der Waals surface area contributed by atoms with E-state index in [1.807, 2.05) is 0 Å². The predicted octanol–water partition coefficient (Wildman–Crippen LogP) is 4.24. The fourth-order valence-electron chi connectivity index (χ4n) is 1.18. The van der Waals surface area contributed by atoms with Crippen molar-refractivity contribution >= 4 is 34.8 Å². The molecule has 6 heteroatoms. The Balaban J connectivity index is 2.58. The number of hydrogen-bond donors (Lipinski definition) is 0. The molecule has 2 aromatic rings. The Bertz CT molecular complexity index is 525. The molecule has 0 aliphatic rings. The van der Waals surface area contributed by atoms with Gasteiger partial charge in [-0.15, -0.1) is 0 Å². The fraction of sp³-hybridized carbons (Fsp3) is 0. The molecule has 1 heterocycles. The monoisotopic (exact) mass is 276 g/mol. The van der Waals surface area contributed by atoms with Crippen LogP contribution in [0.2, 0.25) is 15.3 Å². The summed E-state index contributed by atoms with van der Waals surface area (Å²) in [4.78, 5) is 7.92. The maximum Gasteiger partial charge on any atom is 0.164 e. The molecule has 0 spiro atoms. The first-order valence-corrected chi connectivity index (χ1v) is 5.35. The van der Waals surface area contributed by atoms with Gasteiger partial charge in [0.2, 0.25) is 0 Å². The van der Waals surface area contributed by atoms with E-state index in [2.05, 4.69) is 9.97 Å². The van der Waals surface area contributed by atoms with Gasteiger partial charge in [-0.2, -0.15) is 0 Å². The fourth-order valence-corrected chi connectivity index (χ4v) is 1.86. The highest BCUT2D eigenvalue weighted by Crippen LogP contribution is 2.27. The second kappa shape index (κ2) is 4.53. The molecule has 1 aromatic carbocycles. The summed E-state index contributed by atoms with van der Waals surface area (Å²) in [5.74, 6) is -0.163. The van der Waals surface area contributed by atoms with Crippen LogP contribution in [0.3, 0.4) is 0 Å². The van der Waals surface area contributed by atoms with Crippen LogP contribution in [0.1, 0.15) is 0 Å². The molecule has 2 nitrogen and oxygen atoms in total. The first-order valence-electron chi connectivity index (χ1n) is 4.22. The highest BCUT2D eigenvalue weighted by Gasteiger charge is 2.09. The van der Waals surface area contributed by atoms with Crippen LogP contribution >= 0.6 is 34.8 Å². The summed E-state index contributed by atoms with van der Waals surface area (Å²) in [6.07, 6.45) is 0. The minimum atomic E-state index is -0.429. The number of nitrogens with zero attached hydrogens (tertiary/aromatic N) is 2. The third-order valence-corrected chi connectivity index (χ3v) is 2.54. The van der Waals surface area contributed by atoms with Gasteiger partial charge >= 0.3 is 0 Å². The number of halogens is 4. The quantitative estimate of drug-likeness (QED) is 0.729. The molecule has 1 aromatic heterocycles. The summed E-state index contributed by atoms with van der Waals surface area (Å²) in [5, 5.41) is 0.615. The molecule has 0 radical (unpaired) electrons. The lowest BCUT2D eigenvalue weighted by Crippen LogP contribution is -1.91. The Morgan fingerprint density at radius 2 is 1.56 bits per heavy atom. The molecule has 0 atom stereocenters. The molecule has 0 amide bonds. The second-order valence-corrected chi connectivity index (χ2v) is 4.14. The van der Waals surface area contributed by atoms with Crippen LogP contribution in [0.25, 0.3) is 11.4 Å². The third kappa shape index (κ3) is 2.43. The summed E-state index contributed by atoms with van der Waals surface area (Å²) >= 11 is 17.3. The Labute approximate surface area is 106 Å². The molecule has 2 rings (SSSR count). The molecule has 16 heavy (non-hydrogen) atoms. The van der Waals surface area contributed by atoms with Gasteiger partial charge in [-0.25, -0.2) is 14.4 Å². The molecule has 0 N–H and O–H groups in total. The zero-order valence-corrected chi connectivity index (χ0v) is 9.98. The van der Waals surface area contributed by atoms with Crippen LogP contribution in [0.4, 0.5) is 4.39 Å². The molecule has 0 bridgehead atoms. The molecule has 0 saturated carbocycles. The molecular weight excluding hydrogens is 273 g/mol. The average molecular weight is 278 g/mol. The first-order chi connectivity index (χ1) is 7.56. The van der Waals surface area contributed by atoms with E-state index in [-0.39, 0.29) is 21.2 Å². The van der Waals surface area contributed by atoms with Gasteiger partial charge in [0.05, 0.1) is 5.02 Å². The Morgan fingerprint density at radius 1 is 0.938 bits per heavy atom. The molecule has 0 saturated heterocycles. The highest BCUT2D eigenvalue weighted by molar-refractivity contribution is 6.34. The van der Waals surface area contributed by atoms with Crippen molar-refractivity contribution in [2.75, 3.05) is 0 Å². The van der Waals surface area contributed by atoms with Crippen molar-refractivity contribution in [2.24, 2.45) is 0 Å². The van der Waals surface area contributed by atoms with Crippen LogP contribution in [0, 0.1) is 5.82 Å². The van der Waals surface area contributed by atoms with Crippen molar-refractivity contribution < 1.29 is 4.39 Å². The number of hydrogen-bond acceptors (Lipinski definition) is 2. The number of benzene rings is 1. The maximum atomic E-state index is 12.8. The van der Waals surface area contributed by atoms with Crippen LogP contribution in [0.15, 0.2) is 24.3 Å². The van der Waals surface area contributed by atoms with Gasteiger partial charge < -0.3 is 0 Å². The van der Waals surface area contributed by atoms with Crippen molar-refractivity contribution in [3.8, 4) is 11.4 Å².